The fourth-order valence-electron chi connectivity index (χ4n) is 4.75. The van der Waals surface area contributed by atoms with Crippen molar-refractivity contribution in [3.8, 4) is 0 Å². The highest BCUT2D eigenvalue weighted by atomic mass is 127. The molecule has 2 aliphatic carbocycles. The number of aliphatic imine (C=N–C) groups is 1. The first-order valence-corrected chi connectivity index (χ1v) is 14.6. The Kier molecular flexibility index (Phi) is 7.80. The number of aliphatic hydroxyl groups is 1. The van der Waals surface area contributed by atoms with E-state index in [-0.39, 0.29) is 48.2 Å². The van der Waals surface area contributed by atoms with E-state index in [1.165, 1.54) is 0 Å². The van der Waals surface area contributed by atoms with Crippen LogP contribution in [0.3, 0.4) is 0 Å². The van der Waals surface area contributed by atoms with Crippen LogP contribution in [-0.4, -0.2) is 60.4 Å². The average molecular weight is 619 g/mol. The summed E-state index contributed by atoms with van der Waals surface area (Å²) in [6.07, 6.45) is 4.66. The van der Waals surface area contributed by atoms with Gasteiger partial charge in [0, 0.05) is 17.7 Å². The van der Waals surface area contributed by atoms with Crippen molar-refractivity contribution >= 4 is 37.0 Å². The van der Waals surface area contributed by atoms with Gasteiger partial charge in [-0.3, -0.25) is 4.99 Å². The van der Waals surface area contributed by atoms with Crippen LogP contribution in [0.5, 0.6) is 0 Å². The zero-order chi connectivity index (χ0) is 26.3. The minimum Gasteiger partial charge on any atom is -0.402 e. The topological polar surface area (TPSA) is 95.6 Å². The third kappa shape index (κ3) is 6.09. The fourth-order valence-corrected chi connectivity index (χ4v) is 5.21. The van der Waals surface area contributed by atoms with Crippen LogP contribution in [0.2, 0.25) is 0 Å². The van der Waals surface area contributed by atoms with Crippen LogP contribution in [0.4, 0.5) is 19.2 Å². The zero-order valence-corrected chi connectivity index (χ0v) is 23.0. The van der Waals surface area contributed by atoms with Crippen LogP contribution in [0.15, 0.2) is 44.5 Å². The van der Waals surface area contributed by atoms with Crippen molar-refractivity contribution < 1.29 is 22.7 Å². The number of alkyl halides is 4. The van der Waals surface area contributed by atoms with Crippen molar-refractivity contribution in [2.24, 2.45) is 16.3 Å². The number of dihydropyridines is 1. The standard InChI is InChI=1S/C25H33F3IN5O2/c1-13-8-19(22-33-34-23(36-22)31-14-6-7-18(26)20(35)11-14)32-21-16(13)9-15(10-17(21)24(2,3)4)30-12-25(27,28)29-5/h8-10,14,16,18,20-21,30,35H,5-7,11-12H2,1-4H3,(H,31,34). The molecular weight excluding hydrogens is 586 g/mol. The Hall–Kier alpha value is -2.02. The van der Waals surface area contributed by atoms with Gasteiger partial charge in [0.25, 0.3) is 5.89 Å². The summed E-state index contributed by atoms with van der Waals surface area (Å²) >= 11 is -1.45. The summed E-state index contributed by atoms with van der Waals surface area (Å²) in [6.45, 7) is 7.78. The number of aliphatic hydroxyl groups excluding tert-OH is 1. The Labute approximate surface area is 219 Å². The first-order valence-electron chi connectivity index (χ1n) is 12.0. The lowest BCUT2D eigenvalue weighted by molar-refractivity contribution is 0.0395. The number of aromatic nitrogens is 2. The molecule has 3 N–H and O–H groups in total. The van der Waals surface area contributed by atoms with Gasteiger partial charge in [-0.05, 0) is 70.1 Å². The summed E-state index contributed by atoms with van der Waals surface area (Å²) < 4.78 is 47.8. The fraction of sp³-hybridized carbons (Fsp3) is 0.600. The van der Waals surface area contributed by atoms with Gasteiger partial charge in [-0.25, -0.2) is 4.39 Å². The summed E-state index contributed by atoms with van der Waals surface area (Å²) in [6, 6.07) is -0.182. The van der Waals surface area contributed by atoms with E-state index in [4.69, 9.17) is 9.41 Å². The number of hydrogen-bond donors (Lipinski definition) is 3. The molecule has 7 nitrogen and oxygen atoms in total. The van der Waals surface area contributed by atoms with Crippen LogP contribution in [-0.2, 0) is 0 Å². The van der Waals surface area contributed by atoms with E-state index < -0.39 is 43.5 Å². The molecule has 11 heteroatoms. The van der Waals surface area contributed by atoms with Crippen molar-refractivity contribution in [3.05, 3.63) is 41.0 Å². The van der Waals surface area contributed by atoms with E-state index in [9.17, 15) is 18.3 Å². The number of anilines is 1. The molecule has 3 aliphatic rings. The summed E-state index contributed by atoms with van der Waals surface area (Å²) in [4.78, 5) is 4.95. The summed E-state index contributed by atoms with van der Waals surface area (Å²) in [5.74, 6) is 0.173. The van der Waals surface area contributed by atoms with Gasteiger partial charge in [-0.1, -0.05) is 42.0 Å². The SMILES string of the molecule is C=IC(F)(F)CNC1=CC2C(C)=CC(c3nnc(NC4CCC(F)C(O)C4)o3)=NC2C(C(C)(C)C)=C1. The third-order valence-electron chi connectivity index (χ3n) is 6.76. The van der Waals surface area contributed by atoms with Gasteiger partial charge in [0.1, 0.15) is 11.9 Å². The van der Waals surface area contributed by atoms with E-state index in [1.807, 2.05) is 25.2 Å². The Bertz CT molecular complexity index is 1120. The molecule has 0 spiro atoms. The Morgan fingerprint density at radius 2 is 1.97 bits per heavy atom. The molecule has 4 rings (SSSR count). The smallest absolute Gasteiger partial charge is 0.316 e. The van der Waals surface area contributed by atoms with Crippen molar-refractivity contribution in [1.82, 2.24) is 15.5 Å². The summed E-state index contributed by atoms with van der Waals surface area (Å²) in [7, 11) is 0. The second-order valence-electron chi connectivity index (χ2n) is 10.6. The molecule has 0 radical (unpaired) electrons. The molecule has 198 valence electrons. The maximum atomic E-state index is 13.9. The quantitative estimate of drug-likeness (QED) is 0.297. The number of nitrogens with one attached hydrogen (secondary N) is 2. The van der Waals surface area contributed by atoms with E-state index >= 15 is 0 Å². The van der Waals surface area contributed by atoms with Gasteiger partial charge in [0.05, 0.1) is 18.7 Å². The van der Waals surface area contributed by atoms with E-state index in [0.717, 1.165) is 11.1 Å². The average Bonchev–Trinajstić information content (AvgIpc) is 3.28. The van der Waals surface area contributed by atoms with E-state index in [0.29, 0.717) is 17.8 Å². The highest BCUT2D eigenvalue weighted by Gasteiger charge is 2.38. The molecule has 5 atom stereocenters. The maximum absolute atomic E-state index is 13.9. The van der Waals surface area contributed by atoms with E-state index in [1.54, 1.807) is 0 Å². The zero-order valence-electron chi connectivity index (χ0n) is 20.9. The van der Waals surface area contributed by atoms with Crippen LogP contribution in [0, 0.1) is 11.3 Å². The number of allylic oxidation sites excluding steroid dienone is 2. The molecule has 5 unspecified atom stereocenters. The molecule has 2 heterocycles. The molecule has 36 heavy (non-hydrogen) atoms. The number of fused-ring (bicyclic) bond motifs is 1. The van der Waals surface area contributed by atoms with Crippen LogP contribution in [0.1, 0.15) is 52.8 Å². The lowest BCUT2D eigenvalue weighted by Gasteiger charge is -2.38. The first-order chi connectivity index (χ1) is 16.9. The molecular formula is C25H33F3IN5O2. The molecule has 0 saturated heterocycles. The predicted molar refractivity (Wildman–Crippen MR) is 144 cm³/mol. The van der Waals surface area contributed by atoms with Gasteiger partial charge in [0.2, 0.25) is 0 Å². The number of nitrogens with zero attached hydrogens (tertiary/aromatic N) is 3. The molecule has 1 saturated carbocycles. The highest BCUT2D eigenvalue weighted by molar-refractivity contribution is 14.2. The Morgan fingerprint density at radius 3 is 2.64 bits per heavy atom. The molecule has 1 aromatic heterocycles. The van der Waals surface area contributed by atoms with Crippen molar-refractivity contribution in [1.29, 1.82) is 0 Å². The van der Waals surface area contributed by atoms with Gasteiger partial charge in [-0.15, -0.1) is 5.10 Å². The highest BCUT2D eigenvalue weighted by Crippen LogP contribution is 2.42. The Balaban J connectivity index is 1.55. The first kappa shape index (κ1) is 27.0. The summed E-state index contributed by atoms with van der Waals surface area (Å²) in [5.41, 5.74) is 2.99. The largest absolute Gasteiger partial charge is 0.402 e. The molecule has 0 amide bonds. The van der Waals surface area contributed by atoms with Crippen LogP contribution < -0.4 is 10.6 Å². The van der Waals surface area contributed by atoms with E-state index in [2.05, 4.69) is 46.1 Å². The van der Waals surface area contributed by atoms with Gasteiger partial charge < -0.3 is 20.2 Å². The minimum absolute atomic E-state index is 0.0866. The lowest BCUT2D eigenvalue weighted by Crippen LogP contribution is -2.37. The Morgan fingerprint density at radius 1 is 1.22 bits per heavy atom. The van der Waals surface area contributed by atoms with Crippen molar-refractivity contribution in [3.63, 3.8) is 0 Å². The third-order valence-corrected chi connectivity index (χ3v) is 8.26. The predicted octanol–water partition coefficient (Wildman–Crippen LogP) is 4.92. The van der Waals surface area contributed by atoms with Crippen molar-refractivity contribution in [2.45, 2.75) is 75.2 Å². The van der Waals surface area contributed by atoms with Gasteiger partial charge >= 0.3 is 9.94 Å². The minimum atomic E-state index is -2.78. The van der Waals surface area contributed by atoms with Crippen molar-refractivity contribution in [2.75, 3.05) is 11.9 Å². The monoisotopic (exact) mass is 619 g/mol. The normalized spacial score (nSPS) is 28.9. The van der Waals surface area contributed by atoms with Crippen LogP contribution in [0.25, 0.3) is 0 Å². The number of rotatable bonds is 7. The molecule has 0 bridgehead atoms. The second kappa shape index (κ2) is 10.4. The van der Waals surface area contributed by atoms with Crippen LogP contribution >= 0.6 is 20.7 Å². The lowest BCUT2D eigenvalue weighted by atomic mass is 9.72. The van der Waals surface area contributed by atoms with Gasteiger partial charge in [0.15, 0.2) is 0 Å². The second-order valence-corrected chi connectivity index (χ2v) is 12.9. The molecule has 1 aliphatic heterocycles. The molecule has 0 aromatic carbocycles. The number of halogens is 4. The summed E-state index contributed by atoms with van der Waals surface area (Å²) in [5, 5.41) is 24.0. The molecule has 1 aromatic rings. The number of hydrogen-bond acceptors (Lipinski definition) is 7. The van der Waals surface area contributed by atoms with Gasteiger partial charge in [-0.2, -0.15) is 8.78 Å². The maximum Gasteiger partial charge on any atom is 0.316 e. The molecule has 1 fully saturated rings.